The fraction of sp³-hybridized carbons (Fsp3) is 0.333. The third-order valence-corrected chi connectivity index (χ3v) is 4.63. The van der Waals surface area contributed by atoms with Crippen LogP contribution in [0.4, 0.5) is 0 Å². The molecule has 0 spiro atoms. The molecule has 1 aromatic carbocycles. The number of rotatable bonds is 2. The van der Waals surface area contributed by atoms with Crippen molar-refractivity contribution >= 4 is 27.9 Å². The van der Waals surface area contributed by atoms with Crippen LogP contribution in [0.3, 0.4) is 0 Å². The Kier molecular flexibility index (Phi) is 4.36. The molecule has 6 nitrogen and oxygen atoms in total. The van der Waals surface area contributed by atoms with Crippen LogP contribution in [0, 0.1) is 0 Å². The van der Waals surface area contributed by atoms with E-state index < -0.39 is 23.5 Å². The van der Waals surface area contributed by atoms with Crippen LogP contribution in [0.1, 0.15) is 31.7 Å². The van der Waals surface area contributed by atoms with E-state index in [0.29, 0.717) is 17.7 Å². The lowest BCUT2D eigenvalue weighted by Crippen LogP contribution is -2.40. The molecule has 0 aliphatic carbocycles. The van der Waals surface area contributed by atoms with Crippen molar-refractivity contribution in [1.29, 1.82) is 0 Å². The molecule has 0 amide bonds. The molecule has 0 unspecified atom stereocenters. The first-order valence-corrected chi connectivity index (χ1v) is 8.50. The van der Waals surface area contributed by atoms with Crippen molar-refractivity contribution in [1.82, 2.24) is 0 Å². The number of benzene rings is 1. The molecule has 0 fully saturated rings. The van der Waals surface area contributed by atoms with Gasteiger partial charge in [0.05, 0.1) is 18.6 Å². The number of halogens is 1. The summed E-state index contributed by atoms with van der Waals surface area (Å²) in [6.07, 6.45) is 0.369. The van der Waals surface area contributed by atoms with E-state index in [2.05, 4.69) is 15.9 Å². The SMILES string of the molecule is COC(=O)C1=C(N)OC2=C(C(=O)OC(C)(C)C2)[C@@H]1c1cccc(Br)c1. The van der Waals surface area contributed by atoms with Crippen LogP contribution in [0.15, 0.2) is 51.5 Å². The predicted octanol–water partition coefficient (Wildman–Crippen LogP) is 2.89. The number of ether oxygens (including phenoxy) is 3. The van der Waals surface area contributed by atoms with Crippen molar-refractivity contribution in [3.63, 3.8) is 0 Å². The molecule has 1 atom stereocenters. The van der Waals surface area contributed by atoms with E-state index in [9.17, 15) is 9.59 Å². The summed E-state index contributed by atoms with van der Waals surface area (Å²) in [5, 5.41) is 0. The molecular weight excluding hydrogens is 390 g/mol. The lowest BCUT2D eigenvalue weighted by atomic mass is 9.80. The maximum atomic E-state index is 12.7. The number of carbonyl (C=O) groups is 2. The second-order valence-electron chi connectivity index (χ2n) is 6.52. The number of esters is 2. The van der Waals surface area contributed by atoms with Gasteiger partial charge in [-0.15, -0.1) is 0 Å². The Morgan fingerprint density at radius 2 is 2.12 bits per heavy atom. The Balaban J connectivity index is 2.21. The van der Waals surface area contributed by atoms with Crippen molar-refractivity contribution < 1.29 is 23.8 Å². The van der Waals surface area contributed by atoms with Crippen LogP contribution < -0.4 is 5.73 Å². The molecule has 1 aromatic rings. The molecule has 0 bridgehead atoms. The lowest BCUT2D eigenvalue weighted by molar-refractivity contribution is -0.155. The fourth-order valence-corrected chi connectivity index (χ4v) is 3.55. The van der Waals surface area contributed by atoms with Gasteiger partial charge in [0.25, 0.3) is 0 Å². The van der Waals surface area contributed by atoms with Gasteiger partial charge in [-0.25, -0.2) is 9.59 Å². The molecule has 3 rings (SSSR count). The van der Waals surface area contributed by atoms with Gasteiger partial charge >= 0.3 is 11.9 Å². The molecule has 2 N–H and O–H groups in total. The first-order chi connectivity index (χ1) is 11.7. The van der Waals surface area contributed by atoms with E-state index in [4.69, 9.17) is 19.9 Å². The van der Waals surface area contributed by atoms with Crippen molar-refractivity contribution in [2.24, 2.45) is 5.73 Å². The summed E-state index contributed by atoms with van der Waals surface area (Å²) in [4.78, 5) is 25.0. The summed E-state index contributed by atoms with van der Waals surface area (Å²) < 4.78 is 16.8. The van der Waals surface area contributed by atoms with Gasteiger partial charge in [-0.05, 0) is 31.5 Å². The van der Waals surface area contributed by atoms with E-state index in [1.54, 1.807) is 13.8 Å². The van der Waals surface area contributed by atoms with Gasteiger partial charge < -0.3 is 19.9 Å². The number of cyclic esters (lactones) is 1. The molecule has 0 aromatic heterocycles. The topological polar surface area (TPSA) is 87.9 Å². The fourth-order valence-electron chi connectivity index (χ4n) is 3.13. The van der Waals surface area contributed by atoms with Crippen molar-refractivity contribution in [3.8, 4) is 0 Å². The number of hydrogen-bond acceptors (Lipinski definition) is 6. The minimum atomic E-state index is -0.711. The van der Waals surface area contributed by atoms with Gasteiger partial charge in [0, 0.05) is 10.9 Å². The minimum absolute atomic E-state index is 0.0546. The molecule has 25 heavy (non-hydrogen) atoms. The Morgan fingerprint density at radius 1 is 1.40 bits per heavy atom. The molecule has 132 valence electrons. The third-order valence-electron chi connectivity index (χ3n) is 4.14. The van der Waals surface area contributed by atoms with Gasteiger partial charge in [-0.3, -0.25) is 0 Å². The highest BCUT2D eigenvalue weighted by atomic mass is 79.9. The van der Waals surface area contributed by atoms with E-state index in [1.807, 2.05) is 24.3 Å². The van der Waals surface area contributed by atoms with Gasteiger partial charge in [0.2, 0.25) is 5.88 Å². The highest BCUT2D eigenvalue weighted by molar-refractivity contribution is 9.10. The predicted molar refractivity (Wildman–Crippen MR) is 93.0 cm³/mol. The molecule has 2 aliphatic heterocycles. The highest BCUT2D eigenvalue weighted by Gasteiger charge is 2.46. The summed E-state index contributed by atoms with van der Waals surface area (Å²) in [6, 6.07) is 7.31. The van der Waals surface area contributed by atoms with E-state index >= 15 is 0 Å². The van der Waals surface area contributed by atoms with Gasteiger partial charge in [0.15, 0.2) is 0 Å². The Morgan fingerprint density at radius 3 is 2.76 bits per heavy atom. The van der Waals surface area contributed by atoms with E-state index in [-0.39, 0.29) is 17.0 Å². The molecule has 0 radical (unpaired) electrons. The van der Waals surface area contributed by atoms with Crippen LogP contribution in [-0.2, 0) is 23.8 Å². The maximum absolute atomic E-state index is 12.7. The summed E-state index contributed by atoms with van der Waals surface area (Å²) in [7, 11) is 1.26. The van der Waals surface area contributed by atoms with E-state index in [0.717, 1.165) is 4.47 Å². The highest BCUT2D eigenvalue weighted by Crippen LogP contribution is 2.45. The number of hydrogen-bond donors (Lipinski definition) is 1. The molecular formula is C18H18BrNO5. The molecule has 0 saturated carbocycles. The molecule has 0 saturated heterocycles. The average molecular weight is 408 g/mol. The molecule has 2 aliphatic rings. The summed E-state index contributed by atoms with van der Waals surface area (Å²) in [6.45, 7) is 3.59. The zero-order chi connectivity index (χ0) is 18.4. The minimum Gasteiger partial charge on any atom is -0.465 e. The standard InChI is InChI=1S/C18H18BrNO5/c1-18(2)8-11-13(17(22)25-18)12(9-5-4-6-10(19)7-9)14(15(20)24-11)16(21)23-3/h4-7,12H,8,20H2,1-3H3/t12-/m0/s1. The zero-order valence-corrected chi connectivity index (χ0v) is 15.7. The zero-order valence-electron chi connectivity index (χ0n) is 14.1. The number of methoxy groups -OCH3 is 1. The Hall–Kier alpha value is -2.28. The van der Waals surface area contributed by atoms with Gasteiger partial charge in [-0.1, -0.05) is 28.1 Å². The van der Waals surface area contributed by atoms with Crippen LogP contribution >= 0.6 is 15.9 Å². The average Bonchev–Trinajstić information content (AvgIpc) is 2.51. The maximum Gasteiger partial charge on any atom is 0.340 e. The monoisotopic (exact) mass is 407 g/mol. The van der Waals surface area contributed by atoms with Gasteiger partial charge in [0.1, 0.15) is 16.9 Å². The number of nitrogens with two attached hydrogens (primary N) is 1. The Labute approximate surface area is 153 Å². The van der Waals surface area contributed by atoms with Crippen LogP contribution in [0.25, 0.3) is 0 Å². The second kappa shape index (κ2) is 6.22. The van der Waals surface area contributed by atoms with Crippen LogP contribution in [-0.4, -0.2) is 24.6 Å². The first-order valence-electron chi connectivity index (χ1n) is 7.71. The summed E-state index contributed by atoms with van der Waals surface area (Å²) >= 11 is 3.41. The van der Waals surface area contributed by atoms with E-state index in [1.165, 1.54) is 7.11 Å². The summed E-state index contributed by atoms with van der Waals surface area (Å²) in [5.74, 6) is -1.51. The van der Waals surface area contributed by atoms with Crippen molar-refractivity contribution in [2.45, 2.75) is 31.8 Å². The van der Waals surface area contributed by atoms with Crippen LogP contribution in [0.2, 0.25) is 0 Å². The molecule has 2 heterocycles. The van der Waals surface area contributed by atoms with Crippen molar-refractivity contribution in [3.05, 3.63) is 57.1 Å². The van der Waals surface area contributed by atoms with Gasteiger partial charge in [-0.2, -0.15) is 0 Å². The largest absolute Gasteiger partial charge is 0.465 e. The number of carbonyl (C=O) groups excluding carboxylic acids is 2. The van der Waals surface area contributed by atoms with Crippen LogP contribution in [0.5, 0.6) is 0 Å². The van der Waals surface area contributed by atoms with Crippen molar-refractivity contribution in [2.75, 3.05) is 7.11 Å². The molecule has 7 heteroatoms. The first kappa shape index (κ1) is 17.5. The Bertz CT molecular complexity index is 825. The third kappa shape index (κ3) is 3.16. The summed E-state index contributed by atoms with van der Waals surface area (Å²) in [5.41, 5.74) is 6.40. The quantitative estimate of drug-likeness (QED) is 0.758. The smallest absolute Gasteiger partial charge is 0.340 e. The normalized spacial score (nSPS) is 22.1. The lowest BCUT2D eigenvalue weighted by Gasteiger charge is -2.37. The second-order valence-corrected chi connectivity index (χ2v) is 7.44.